The standard InChI is InChI=1S/C16H15Br2NO/c17-12-3-1-10(2-4-12)7-15(19)14-9-13(18)8-11-5-6-20-16(11)14/h1-4,8-9,15H,5-7,19H2. The second-order valence-corrected chi connectivity index (χ2v) is 6.85. The molecule has 1 aliphatic heterocycles. The molecule has 0 radical (unpaired) electrons. The van der Waals surface area contributed by atoms with Crippen molar-refractivity contribution in [3.8, 4) is 5.75 Å². The third-order valence-electron chi connectivity index (χ3n) is 3.55. The molecule has 0 fully saturated rings. The summed E-state index contributed by atoms with van der Waals surface area (Å²) in [4.78, 5) is 0. The van der Waals surface area contributed by atoms with E-state index in [9.17, 15) is 0 Å². The Morgan fingerprint density at radius 1 is 1.10 bits per heavy atom. The Morgan fingerprint density at radius 2 is 1.85 bits per heavy atom. The summed E-state index contributed by atoms with van der Waals surface area (Å²) in [7, 11) is 0. The van der Waals surface area contributed by atoms with E-state index in [2.05, 4.69) is 56.1 Å². The normalized spacial score (nSPS) is 14.8. The average molecular weight is 397 g/mol. The van der Waals surface area contributed by atoms with Gasteiger partial charge in [0.1, 0.15) is 5.75 Å². The highest BCUT2D eigenvalue weighted by Gasteiger charge is 2.21. The predicted molar refractivity (Wildman–Crippen MR) is 88.1 cm³/mol. The Kier molecular flexibility index (Phi) is 4.15. The van der Waals surface area contributed by atoms with E-state index >= 15 is 0 Å². The van der Waals surface area contributed by atoms with Crippen LogP contribution in [0.5, 0.6) is 5.75 Å². The Bertz CT molecular complexity index is 625. The number of rotatable bonds is 3. The lowest BCUT2D eigenvalue weighted by atomic mass is 9.97. The molecule has 1 aliphatic rings. The Morgan fingerprint density at radius 3 is 2.60 bits per heavy atom. The number of benzene rings is 2. The van der Waals surface area contributed by atoms with Gasteiger partial charge >= 0.3 is 0 Å². The van der Waals surface area contributed by atoms with Crippen LogP contribution in [0, 0.1) is 0 Å². The molecule has 0 bridgehead atoms. The van der Waals surface area contributed by atoms with Crippen LogP contribution in [0.2, 0.25) is 0 Å². The zero-order valence-electron chi connectivity index (χ0n) is 10.9. The summed E-state index contributed by atoms with van der Waals surface area (Å²) >= 11 is 7.01. The van der Waals surface area contributed by atoms with Crippen LogP contribution >= 0.6 is 31.9 Å². The highest BCUT2D eigenvalue weighted by Crippen LogP contribution is 2.36. The minimum Gasteiger partial charge on any atom is -0.493 e. The van der Waals surface area contributed by atoms with Crippen LogP contribution in [-0.4, -0.2) is 6.61 Å². The number of hydrogen-bond acceptors (Lipinski definition) is 2. The van der Waals surface area contributed by atoms with Crippen LogP contribution in [0.3, 0.4) is 0 Å². The van der Waals surface area contributed by atoms with Gasteiger partial charge in [0.25, 0.3) is 0 Å². The summed E-state index contributed by atoms with van der Waals surface area (Å²) in [5.74, 6) is 0.984. The Balaban J connectivity index is 1.87. The fourth-order valence-corrected chi connectivity index (χ4v) is 3.35. The van der Waals surface area contributed by atoms with Crippen molar-refractivity contribution < 1.29 is 4.74 Å². The lowest BCUT2D eigenvalue weighted by Crippen LogP contribution is -2.14. The molecule has 104 valence electrons. The predicted octanol–water partition coefficient (Wildman–Crippen LogP) is 4.39. The van der Waals surface area contributed by atoms with Gasteiger partial charge in [-0.2, -0.15) is 0 Å². The zero-order chi connectivity index (χ0) is 14.1. The number of fused-ring (bicyclic) bond motifs is 1. The first kappa shape index (κ1) is 14.1. The average Bonchev–Trinajstić information content (AvgIpc) is 2.88. The van der Waals surface area contributed by atoms with E-state index in [1.54, 1.807) is 0 Å². The first-order valence-electron chi connectivity index (χ1n) is 6.58. The molecule has 1 atom stereocenters. The van der Waals surface area contributed by atoms with Crippen molar-refractivity contribution in [2.75, 3.05) is 6.61 Å². The topological polar surface area (TPSA) is 35.2 Å². The van der Waals surface area contributed by atoms with Crippen LogP contribution in [0.25, 0.3) is 0 Å². The molecule has 0 saturated carbocycles. The van der Waals surface area contributed by atoms with Gasteiger partial charge in [0.05, 0.1) is 6.61 Å². The van der Waals surface area contributed by atoms with E-state index < -0.39 is 0 Å². The van der Waals surface area contributed by atoms with Crippen LogP contribution < -0.4 is 10.5 Å². The van der Waals surface area contributed by atoms with Crippen molar-refractivity contribution >= 4 is 31.9 Å². The molecule has 0 spiro atoms. The maximum Gasteiger partial charge on any atom is 0.127 e. The van der Waals surface area contributed by atoms with E-state index in [1.807, 2.05) is 12.1 Å². The maximum atomic E-state index is 6.39. The van der Waals surface area contributed by atoms with E-state index in [0.29, 0.717) is 0 Å². The quantitative estimate of drug-likeness (QED) is 0.834. The summed E-state index contributed by atoms with van der Waals surface area (Å²) in [5.41, 5.74) is 9.97. The summed E-state index contributed by atoms with van der Waals surface area (Å²) in [6.07, 6.45) is 1.77. The first-order chi connectivity index (χ1) is 9.63. The molecule has 0 saturated heterocycles. The highest BCUT2D eigenvalue weighted by molar-refractivity contribution is 9.10. The van der Waals surface area contributed by atoms with Crippen LogP contribution in [0.4, 0.5) is 0 Å². The molecule has 2 N–H and O–H groups in total. The molecule has 1 heterocycles. The van der Waals surface area contributed by atoms with Crippen molar-refractivity contribution in [3.05, 3.63) is 62.0 Å². The SMILES string of the molecule is NC(Cc1ccc(Br)cc1)c1cc(Br)cc2c1OCC2. The fourth-order valence-electron chi connectivity index (χ4n) is 2.56. The molecule has 2 nitrogen and oxygen atoms in total. The minimum absolute atomic E-state index is 0.0551. The fraction of sp³-hybridized carbons (Fsp3) is 0.250. The molecular formula is C16H15Br2NO. The van der Waals surface area contributed by atoms with Crippen LogP contribution in [0.1, 0.15) is 22.7 Å². The van der Waals surface area contributed by atoms with E-state index in [1.165, 1.54) is 11.1 Å². The van der Waals surface area contributed by atoms with E-state index in [4.69, 9.17) is 10.5 Å². The number of ether oxygens (including phenoxy) is 1. The molecular weight excluding hydrogens is 382 g/mol. The molecule has 20 heavy (non-hydrogen) atoms. The molecule has 0 amide bonds. The van der Waals surface area contributed by atoms with Crippen molar-refractivity contribution in [1.82, 2.24) is 0 Å². The second kappa shape index (κ2) is 5.88. The second-order valence-electron chi connectivity index (χ2n) is 5.02. The maximum absolute atomic E-state index is 6.39. The van der Waals surface area contributed by atoms with Gasteiger partial charge in [-0.05, 0) is 41.8 Å². The molecule has 2 aromatic carbocycles. The number of hydrogen-bond donors (Lipinski definition) is 1. The molecule has 0 aliphatic carbocycles. The van der Waals surface area contributed by atoms with E-state index in [0.717, 1.165) is 39.7 Å². The molecule has 3 rings (SSSR count). The van der Waals surface area contributed by atoms with Crippen molar-refractivity contribution in [2.45, 2.75) is 18.9 Å². The van der Waals surface area contributed by atoms with Gasteiger partial charge in [0.2, 0.25) is 0 Å². The van der Waals surface area contributed by atoms with Gasteiger partial charge in [-0.25, -0.2) is 0 Å². The van der Waals surface area contributed by atoms with Gasteiger partial charge in [-0.15, -0.1) is 0 Å². The molecule has 2 aromatic rings. The smallest absolute Gasteiger partial charge is 0.127 e. The largest absolute Gasteiger partial charge is 0.493 e. The van der Waals surface area contributed by atoms with Crippen molar-refractivity contribution in [2.24, 2.45) is 5.73 Å². The van der Waals surface area contributed by atoms with Crippen molar-refractivity contribution in [1.29, 1.82) is 0 Å². The summed E-state index contributed by atoms with van der Waals surface area (Å²) in [5, 5.41) is 0. The molecule has 4 heteroatoms. The monoisotopic (exact) mass is 395 g/mol. The first-order valence-corrected chi connectivity index (χ1v) is 8.17. The Labute approximate surface area is 135 Å². The highest BCUT2D eigenvalue weighted by atomic mass is 79.9. The van der Waals surface area contributed by atoms with Gasteiger partial charge in [-0.3, -0.25) is 0 Å². The summed E-state index contributed by atoms with van der Waals surface area (Å²) in [6, 6.07) is 12.4. The van der Waals surface area contributed by atoms with E-state index in [-0.39, 0.29) is 6.04 Å². The van der Waals surface area contributed by atoms with Gasteiger partial charge in [0.15, 0.2) is 0 Å². The third-order valence-corrected chi connectivity index (χ3v) is 4.53. The third kappa shape index (κ3) is 2.92. The number of nitrogens with two attached hydrogens (primary N) is 1. The Hall–Kier alpha value is -0.840. The summed E-state index contributed by atoms with van der Waals surface area (Å²) in [6.45, 7) is 0.754. The minimum atomic E-state index is -0.0551. The molecule has 0 aromatic heterocycles. The van der Waals surface area contributed by atoms with Crippen LogP contribution in [0.15, 0.2) is 45.3 Å². The number of halogens is 2. The van der Waals surface area contributed by atoms with Gasteiger partial charge in [-0.1, -0.05) is 44.0 Å². The zero-order valence-corrected chi connectivity index (χ0v) is 14.1. The van der Waals surface area contributed by atoms with Gasteiger partial charge in [0, 0.05) is 27.0 Å². The van der Waals surface area contributed by atoms with Gasteiger partial charge < -0.3 is 10.5 Å². The van der Waals surface area contributed by atoms with Crippen LogP contribution in [-0.2, 0) is 12.8 Å². The lowest BCUT2D eigenvalue weighted by Gasteiger charge is -2.16. The molecule has 1 unspecified atom stereocenters. The van der Waals surface area contributed by atoms with Crippen molar-refractivity contribution in [3.63, 3.8) is 0 Å². The summed E-state index contributed by atoms with van der Waals surface area (Å²) < 4.78 is 7.91. The lowest BCUT2D eigenvalue weighted by molar-refractivity contribution is 0.351.